The van der Waals surface area contributed by atoms with E-state index >= 15 is 0 Å². The van der Waals surface area contributed by atoms with Gasteiger partial charge in [-0.05, 0) is 31.0 Å². The third-order valence-corrected chi connectivity index (χ3v) is 2.65. The number of fused-ring (bicyclic) bond motifs is 1. The standard InChI is InChI=1S/C11H10O4.2C2H6/c1-5-6(2)9(12)7-3-4-15-10(7)8(5)11(13)14;2*1-2/h3-4,12H,1-2H3,(H,13,14);2*1-2H3. The van der Waals surface area contributed by atoms with E-state index in [4.69, 9.17) is 9.52 Å². The fourth-order valence-electron chi connectivity index (χ4n) is 1.68. The topological polar surface area (TPSA) is 70.7 Å². The van der Waals surface area contributed by atoms with Gasteiger partial charge in [-0.2, -0.15) is 0 Å². The van der Waals surface area contributed by atoms with E-state index < -0.39 is 5.97 Å². The highest BCUT2D eigenvalue weighted by Gasteiger charge is 2.20. The Labute approximate surface area is 113 Å². The van der Waals surface area contributed by atoms with Crippen LogP contribution in [-0.2, 0) is 0 Å². The summed E-state index contributed by atoms with van der Waals surface area (Å²) < 4.78 is 5.09. The minimum atomic E-state index is -1.05. The van der Waals surface area contributed by atoms with Crippen LogP contribution in [-0.4, -0.2) is 16.2 Å². The van der Waals surface area contributed by atoms with Crippen molar-refractivity contribution in [2.24, 2.45) is 0 Å². The van der Waals surface area contributed by atoms with Crippen molar-refractivity contribution in [1.29, 1.82) is 0 Å². The molecule has 0 saturated heterocycles. The van der Waals surface area contributed by atoms with Gasteiger partial charge in [-0.1, -0.05) is 27.7 Å². The molecule has 4 heteroatoms. The molecule has 0 fully saturated rings. The number of aromatic hydroxyl groups is 1. The van der Waals surface area contributed by atoms with Crippen LogP contribution in [0.15, 0.2) is 16.7 Å². The summed E-state index contributed by atoms with van der Waals surface area (Å²) >= 11 is 0. The molecule has 1 heterocycles. The highest BCUT2D eigenvalue weighted by atomic mass is 16.4. The summed E-state index contributed by atoms with van der Waals surface area (Å²) in [6.45, 7) is 11.3. The quantitative estimate of drug-likeness (QED) is 0.796. The lowest BCUT2D eigenvalue weighted by Gasteiger charge is -2.08. The van der Waals surface area contributed by atoms with Crippen LogP contribution < -0.4 is 0 Å². The molecule has 0 unspecified atom stereocenters. The lowest BCUT2D eigenvalue weighted by atomic mass is 9.99. The first-order chi connectivity index (χ1) is 9.04. The van der Waals surface area contributed by atoms with Gasteiger partial charge >= 0.3 is 5.97 Å². The van der Waals surface area contributed by atoms with Gasteiger partial charge in [-0.25, -0.2) is 4.79 Å². The maximum Gasteiger partial charge on any atom is 0.339 e. The Morgan fingerprint density at radius 3 is 2.11 bits per heavy atom. The Morgan fingerprint density at radius 1 is 1.11 bits per heavy atom. The maximum atomic E-state index is 11.1. The molecular weight excluding hydrogens is 244 g/mol. The second kappa shape index (κ2) is 7.46. The Kier molecular flexibility index (Phi) is 6.69. The molecule has 0 bridgehead atoms. The van der Waals surface area contributed by atoms with Crippen LogP contribution in [0.3, 0.4) is 0 Å². The number of rotatable bonds is 1. The second-order valence-corrected chi connectivity index (χ2v) is 3.44. The fourth-order valence-corrected chi connectivity index (χ4v) is 1.68. The molecule has 0 aliphatic heterocycles. The number of phenols is 1. The first-order valence-corrected chi connectivity index (χ1v) is 6.46. The Morgan fingerprint density at radius 2 is 1.63 bits per heavy atom. The van der Waals surface area contributed by atoms with E-state index in [9.17, 15) is 9.90 Å². The summed E-state index contributed by atoms with van der Waals surface area (Å²) in [5, 5.41) is 19.3. The Balaban J connectivity index is 0.000000741. The molecule has 0 saturated carbocycles. The summed E-state index contributed by atoms with van der Waals surface area (Å²) in [7, 11) is 0. The number of carbonyl (C=O) groups is 1. The largest absolute Gasteiger partial charge is 0.507 e. The third-order valence-electron chi connectivity index (χ3n) is 2.65. The molecule has 1 aromatic carbocycles. The van der Waals surface area contributed by atoms with E-state index in [1.54, 1.807) is 19.9 Å². The SMILES string of the molecule is CC.CC.Cc1c(C)c(C(=O)O)c2occc2c1O. The number of phenolic OH excluding ortho intramolecular Hbond substituents is 1. The molecule has 106 valence electrons. The van der Waals surface area contributed by atoms with Crippen molar-refractivity contribution in [3.63, 3.8) is 0 Å². The Bertz CT molecular complexity index is 553. The molecular formula is C15H22O4. The second-order valence-electron chi connectivity index (χ2n) is 3.44. The highest BCUT2D eigenvalue weighted by Crippen LogP contribution is 2.35. The number of carboxylic acids is 1. The highest BCUT2D eigenvalue weighted by molar-refractivity contribution is 6.05. The predicted octanol–water partition coefficient (Wildman–Crippen LogP) is 4.51. The van der Waals surface area contributed by atoms with Crippen LogP contribution >= 0.6 is 0 Å². The normalized spacial score (nSPS) is 9.16. The maximum absolute atomic E-state index is 11.1. The molecule has 19 heavy (non-hydrogen) atoms. The summed E-state index contributed by atoms with van der Waals surface area (Å²) in [6.07, 6.45) is 1.37. The number of carboxylic acid groups (broad SMARTS) is 1. The van der Waals surface area contributed by atoms with Gasteiger partial charge in [0.05, 0.1) is 11.6 Å². The van der Waals surface area contributed by atoms with Crippen LogP contribution in [0.4, 0.5) is 0 Å². The summed E-state index contributed by atoms with van der Waals surface area (Å²) in [6, 6.07) is 1.56. The van der Waals surface area contributed by atoms with Gasteiger partial charge < -0.3 is 14.6 Å². The lowest BCUT2D eigenvalue weighted by molar-refractivity contribution is 0.0697. The number of hydrogen-bond donors (Lipinski definition) is 2. The molecule has 0 aliphatic rings. The monoisotopic (exact) mass is 266 g/mol. The van der Waals surface area contributed by atoms with Gasteiger partial charge in [0, 0.05) is 0 Å². The minimum absolute atomic E-state index is 0.0845. The molecule has 0 amide bonds. The zero-order valence-corrected chi connectivity index (χ0v) is 12.4. The van der Waals surface area contributed by atoms with Crippen molar-refractivity contribution < 1.29 is 19.4 Å². The average molecular weight is 266 g/mol. The van der Waals surface area contributed by atoms with Gasteiger partial charge in [-0.15, -0.1) is 0 Å². The van der Waals surface area contributed by atoms with E-state index in [2.05, 4.69) is 0 Å². The number of benzene rings is 1. The summed E-state index contributed by atoms with van der Waals surface area (Å²) in [5.41, 5.74) is 1.44. The van der Waals surface area contributed by atoms with E-state index in [-0.39, 0.29) is 16.9 Å². The first-order valence-electron chi connectivity index (χ1n) is 6.46. The molecule has 0 radical (unpaired) electrons. The zero-order chi connectivity index (χ0) is 15.2. The fraction of sp³-hybridized carbons (Fsp3) is 0.400. The van der Waals surface area contributed by atoms with Gasteiger partial charge in [-0.3, -0.25) is 0 Å². The number of aromatic carboxylic acids is 1. The zero-order valence-electron chi connectivity index (χ0n) is 12.4. The first kappa shape index (κ1) is 17.0. The van der Waals surface area contributed by atoms with Gasteiger partial charge in [0.2, 0.25) is 0 Å². The van der Waals surface area contributed by atoms with E-state index in [0.717, 1.165) is 0 Å². The van der Waals surface area contributed by atoms with Crippen LogP contribution in [0.1, 0.15) is 49.2 Å². The third kappa shape index (κ3) is 3.08. The van der Waals surface area contributed by atoms with Crippen molar-refractivity contribution in [1.82, 2.24) is 0 Å². The molecule has 1 aromatic heterocycles. The Hall–Kier alpha value is -1.97. The molecule has 0 atom stereocenters. The molecule has 2 rings (SSSR count). The van der Waals surface area contributed by atoms with Gasteiger partial charge in [0.25, 0.3) is 0 Å². The van der Waals surface area contributed by atoms with Crippen molar-refractivity contribution in [2.75, 3.05) is 0 Å². The molecule has 2 aromatic rings. The van der Waals surface area contributed by atoms with Crippen LogP contribution in [0, 0.1) is 13.8 Å². The van der Waals surface area contributed by atoms with Gasteiger partial charge in [0.15, 0.2) is 5.58 Å². The lowest BCUT2D eigenvalue weighted by Crippen LogP contribution is -2.02. The van der Waals surface area contributed by atoms with Crippen molar-refractivity contribution in [3.05, 3.63) is 29.0 Å². The minimum Gasteiger partial charge on any atom is -0.507 e. The van der Waals surface area contributed by atoms with Crippen LogP contribution in [0.2, 0.25) is 0 Å². The molecule has 0 aliphatic carbocycles. The van der Waals surface area contributed by atoms with Crippen LogP contribution in [0.25, 0.3) is 11.0 Å². The predicted molar refractivity (Wildman–Crippen MR) is 77.0 cm³/mol. The average Bonchev–Trinajstić information content (AvgIpc) is 2.89. The molecule has 0 spiro atoms. The smallest absolute Gasteiger partial charge is 0.339 e. The van der Waals surface area contributed by atoms with Crippen molar-refractivity contribution in [2.45, 2.75) is 41.5 Å². The van der Waals surface area contributed by atoms with Gasteiger partial charge in [0.1, 0.15) is 11.3 Å². The molecule has 2 N–H and O–H groups in total. The van der Waals surface area contributed by atoms with Crippen molar-refractivity contribution >= 4 is 16.9 Å². The summed E-state index contributed by atoms with van der Waals surface area (Å²) in [5.74, 6) is -0.961. The summed E-state index contributed by atoms with van der Waals surface area (Å²) in [4.78, 5) is 11.1. The van der Waals surface area contributed by atoms with Crippen molar-refractivity contribution in [3.8, 4) is 5.75 Å². The number of hydrogen-bond acceptors (Lipinski definition) is 3. The van der Waals surface area contributed by atoms with E-state index in [1.165, 1.54) is 6.26 Å². The van der Waals surface area contributed by atoms with E-state index in [0.29, 0.717) is 16.5 Å². The number of furan rings is 1. The molecule has 4 nitrogen and oxygen atoms in total. The van der Waals surface area contributed by atoms with E-state index in [1.807, 2.05) is 27.7 Å². The van der Waals surface area contributed by atoms with Crippen LogP contribution in [0.5, 0.6) is 5.75 Å².